The van der Waals surface area contributed by atoms with Crippen molar-refractivity contribution in [2.45, 2.75) is 24.8 Å². The predicted octanol–water partition coefficient (Wildman–Crippen LogP) is 3.02. The molecule has 0 unspecified atom stereocenters. The molecule has 0 aliphatic carbocycles. The van der Waals surface area contributed by atoms with Crippen molar-refractivity contribution in [2.24, 2.45) is 5.73 Å². The summed E-state index contributed by atoms with van der Waals surface area (Å²) in [4.78, 5) is 11.6. The quantitative estimate of drug-likeness (QED) is 0.519. The van der Waals surface area contributed by atoms with Gasteiger partial charge < -0.3 is 5.73 Å². The van der Waals surface area contributed by atoms with Crippen LogP contribution in [0.1, 0.15) is 18.2 Å². The van der Waals surface area contributed by atoms with Crippen LogP contribution in [-0.2, 0) is 6.42 Å². The summed E-state index contributed by atoms with van der Waals surface area (Å²) in [5.41, 5.74) is 5.48. The van der Waals surface area contributed by atoms with Crippen LogP contribution in [0, 0.1) is 0 Å². The van der Waals surface area contributed by atoms with Crippen molar-refractivity contribution in [3.8, 4) is 0 Å². The Balaban J connectivity index is 2.21. The fourth-order valence-corrected chi connectivity index (χ4v) is 3.60. The summed E-state index contributed by atoms with van der Waals surface area (Å²) in [7, 11) is 0. The molecule has 90 valence electrons. The monoisotopic (exact) mass is 283 g/mol. The van der Waals surface area contributed by atoms with E-state index >= 15 is 0 Å². The lowest BCUT2D eigenvalue weighted by molar-refractivity contribution is 1.10. The molecular weight excluding hydrogens is 270 g/mol. The Morgan fingerprint density at radius 3 is 3.06 bits per heavy atom. The summed E-state index contributed by atoms with van der Waals surface area (Å²) < 4.78 is 0. The summed E-state index contributed by atoms with van der Waals surface area (Å²) in [6.07, 6.45) is 3.41. The van der Waals surface area contributed by atoms with Crippen LogP contribution < -0.4 is 5.73 Å². The Bertz CT molecular complexity index is 536. The van der Waals surface area contributed by atoms with E-state index in [0.717, 1.165) is 33.8 Å². The van der Waals surface area contributed by atoms with Crippen LogP contribution in [0.4, 0.5) is 0 Å². The number of nitrogens with zero attached hydrogens (tertiary/aromatic N) is 2. The number of aryl methyl sites for hydroxylation is 1. The minimum absolute atomic E-state index is 0.558. The summed E-state index contributed by atoms with van der Waals surface area (Å²) in [6, 6.07) is 2.18. The maximum atomic E-state index is 5.48. The van der Waals surface area contributed by atoms with E-state index in [-0.39, 0.29) is 0 Å². The van der Waals surface area contributed by atoms with Crippen molar-refractivity contribution in [1.82, 2.24) is 9.97 Å². The Morgan fingerprint density at radius 1 is 1.53 bits per heavy atom. The first-order valence-electron chi connectivity index (χ1n) is 5.35. The van der Waals surface area contributed by atoms with Crippen molar-refractivity contribution >= 4 is 50.5 Å². The molecule has 2 aromatic heterocycles. The van der Waals surface area contributed by atoms with Gasteiger partial charge in [-0.3, -0.25) is 0 Å². The van der Waals surface area contributed by atoms with Gasteiger partial charge in [0.1, 0.15) is 16.2 Å². The molecule has 0 aliphatic rings. The van der Waals surface area contributed by atoms with Crippen LogP contribution in [0.3, 0.4) is 0 Å². The van der Waals surface area contributed by atoms with Gasteiger partial charge in [0.15, 0.2) is 0 Å². The van der Waals surface area contributed by atoms with Gasteiger partial charge in [-0.05, 0) is 12.5 Å². The largest absolute Gasteiger partial charge is 0.393 e. The number of thioether (sulfide) groups is 1. The van der Waals surface area contributed by atoms with Gasteiger partial charge in [-0.15, -0.1) is 23.1 Å². The van der Waals surface area contributed by atoms with Crippen molar-refractivity contribution in [3.05, 3.63) is 17.3 Å². The van der Waals surface area contributed by atoms with E-state index in [0.29, 0.717) is 4.99 Å². The summed E-state index contributed by atoms with van der Waals surface area (Å²) in [5.74, 6) is 0.874. The van der Waals surface area contributed by atoms with E-state index in [4.69, 9.17) is 18.0 Å². The third kappa shape index (κ3) is 3.14. The maximum Gasteiger partial charge on any atom is 0.128 e. The number of thiocarbonyl (C=S) groups is 1. The van der Waals surface area contributed by atoms with Crippen molar-refractivity contribution in [1.29, 1.82) is 0 Å². The zero-order chi connectivity index (χ0) is 12.3. The number of fused-ring (bicyclic) bond motifs is 1. The lowest BCUT2D eigenvalue weighted by Crippen LogP contribution is -2.08. The average Bonchev–Trinajstić information content (AvgIpc) is 2.72. The van der Waals surface area contributed by atoms with Crippen molar-refractivity contribution in [2.75, 3.05) is 5.75 Å². The highest BCUT2D eigenvalue weighted by atomic mass is 32.2. The topological polar surface area (TPSA) is 51.8 Å². The fourth-order valence-electron chi connectivity index (χ4n) is 1.42. The van der Waals surface area contributed by atoms with Crippen molar-refractivity contribution in [3.63, 3.8) is 0 Å². The molecule has 2 rings (SSSR count). The molecule has 0 atom stereocenters. The number of hydrogen-bond donors (Lipinski definition) is 1. The zero-order valence-electron chi connectivity index (χ0n) is 9.47. The molecule has 2 aromatic rings. The third-order valence-electron chi connectivity index (χ3n) is 2.28. The Labute approximate surface area is 114 Å². The maximum absolute atomic E-state index is 5.48. The van der Waals surface area contributed by atoms with Crippen LogP contribution in [0.2, 0.25) is 0 Å². The molecular formula is C11H13N3S3. The molecule has 3 nitrogen and oxygen atoms in total. The molecule has 2 N–H and O–H groups in total. The van der Waals surface area contributed by atoms with E-state index in [1.54, 1.807) is 29.4 Å². The van der Waals surface area contributed by atoms with E-state index in [2.05, 4.69) is 23.0 Å². The highest BCUT2D eigenvalue weighted by Gasteiger charge is 2.08. The molecule has 2 heterocycles. The second-order valence-electron chi connectivity index (χ2n) is 3.53. The van der Waals surface area contributed by atoms with Crippen LogP contribution >= 0.6 is 35.3 Å². The predicted molar refractivity (Wildman–Crippen MR) is 78.9 cm³/mol. The molecule has 0 radical (unpaired) electrons. The van der Waals surface area contributed by atoms with Crippen LogP contribution in [0.5, 0.6) is 0 Å². The normalized spacial score (nSPS) is 10.9. The molecule has 0 fully saturated rings. The molecule has 0 bridgehead atoms. The number of aromatic nitrogens is 2. The van der Waals surface area contributed by atoms with Gasteiger partial charge >= 0.3 is 0 Å². The molecule has 6 heteroatoms. The molecule has 0 spiro atoms. The molecule has 0 saturated carbocycles. The first-order chi connectivity index (χ1) is 8.20. The van der Waals surface area contributed by atoms with Gasteiger partial charge in [0.25, 0.3) is 0 Å². The minimum atomic E-state index is 0.558. The summed E-state index contributed by atoms with van der Waals surface area (Å²) >= 11 is 8.29. The Hall–Kier alpha value is -0.720. The van der Waals surface area contributed by atoms with Gasteiger partial charge in [-0.1, -0.05) is 19.1 Å². The Kier molecular flexibility index (Phi) is 4.31. The second-order valence-corrected chi connectivity index (χ2v) is 6.25. The highest BCUT2D eigenvalue weighted by molar-refractivity contribution is 7.99. The summed E-state index contributed by atoms with van der Waals surface area (Å²) in [6.45, 7) is 2.15. The molecule has 0 saturated heterocycles. The fraction of sp³-hybridized carbons (Fsp3) is 0.364. The van der Waals surface area contributed by atoms with Crippen molar-refractivity contribution < 1.29 is 0 Å². The van der Waals surface area contributed by atoms with Gasteiger partial charge in [-0.2, -0.15) is 0 Å². The lowest BCUT2D eigenvalue weighted by atomic mass is 10.3. The van der Waals surface area contributed by atoms with Crippen LogP contribution in [0.15, 0.2) is 17.4 Å². The third-order valence-corrected chi connectivity index (χ3v) is 4.68. The minimum Gasteiger partial charge on any atom is -0.393 e. The van der Waals surface area contributed by atoms with Crippen LogP contribution in [0.25, 0.3) is 10.2 Å². The Morgan fingerprint density at radius 2 is 2.35 bits per heavy atom. The van der Waals surface area contributed by atoms with E-state index in [1.807, 2.05) is 0 Å². The molecule has 0 aromatic carbocycles. The van der Waals surface area contributed by atoms with E-state index in [1.165, 1.54) is 4.88 Å². The van der Waals surface area contributed by atoms with Gasteiger partial charge in [-0.25, -0.2) is 9.97 Å². The second kappa shape index (κ2) is 5.75. The smallest absolute Gasteiger partial charge is 0.128 e. The van der Waals surface area contributed by atoms with Gasteiger partial charge in [0.05, 0.1) is 4.99 Å². The molecule has 0 amide bonds. The lowest BCUT2D eigenvalue weighted by Gasteiger charge is -2.00. The van der Waals surface area contributed by atoms with E-state index in [9.17, 15) is 0 Å². The first kappa shape index (κ1) is 12.7. The highest BCUT2D eigenvalue weighted by Crippen LogP contribution is 2.31. The van der Waals surface area contributed by atoms with Gasteiger partial charge in [0.2, 0.25) is 0 Å². The average molecular weight is 283 g/mol. The number of thiophene rings is 1. The molecule has 0 aliphatic heterocycles. The van der Waals surface area contributed by atoms with Crippen LogP contribution in [-0.4, -0.2) is 20.7 Å². The number of nitrogens with two attached hydrogens (primary N) is 1. The standard InChI is InChI=1S/C11H13N3S3/c1-2-7-5-8-10(16-4-3-9(12)15)13-6-14-11(8)17-7/h5-6H,2-4H2,1H3,(H2,12,15). The first-order valence-corrected chi connectivity index (χ1v) is 7.56. The summed E-state index contributed by atoms with van der Waals surface area (Å²) in [5, 5.41) is 2.18. The number of hydrogen-bond acceptors (Lipinski definition) is 5. The SMILES string of the molecule is CCc1cc2c(SCCC(N)=S)ncnc2s1. The molecule has 17 heavy (non-hydrogen) atoms. The van der Waals surface area contributed by atoms with Gasteiger partial charge in [0, 0.05) is 22.4 Å². The zero-order valence-corrected chi connectivity index (χ0v) is 11.9. The number of rotatable bonds is 5. The van der Waals surface area contributed by atoms with E-state index < -0.39 is 0 Å².